The van der Waals surface area contributed by atoms with Gasteiger partial charge >= 0.3 is 0 Å². The molecule has 1 heterocycles. The van der Waals surface area contributed by atoms with E-state index in [1.165, 1.54) is 24.0 Å². The van der Waals surface area contributed by atoms with Gasteiger partial charge in [0.1, 0.15) is 5.75 Å². The van der Waals surface area contributed by atoms with Gasteiger partial charge in [-0.15, -0.1) is 0 Å². The van der Waals surface area contributed by atoms with Gasteiger partial charge in [-0.25, -0.2) is 0 Å². The SMILES string of the molecule is Cc1cccc(OC2CCCC(C(C)CN(CC#N)Cc3ccncc3)C2)c1. The lowest BCUT2D eigenvalue weighted by molar-refractivity contribution is 0.0895. The van der Waals surface area contributed by atoms with Crippen LogP contribution in [-0.2, 0) is 6.54 Å². The highest BCUT2D eigenvalue weighted by Crippen LogP contribution is 2.33. The van der Waals surface area contributed by atoms with E-state index in [0.29, 0.717) is 24.5 Å². The Labute approximate surface area is 169 Å². The van der Waals surface area contributed by atoms with Crippen molar-refractivity contribution < 1.29 is 4.74 Å². The largest absolute Gasteiger partial charge is 0.490 e. The molecule has 28 heavy (non-hydrogen) atoms. The molecule has 3 unspecified atom stereocenters. The van der Waals surface area contributed by atoms with E-state index in [1.807, 2.05) is 24.5 Å². The van der Waals surface area contributed by atoms with Gasteiger partial charge in [-0.1, -0.05) is 19.1 Å². The Morgan fingerprint density at radius 3 is 2.82 bits per heavy atom. The van der Waals surface area contributed by atoms with Crippen LogP contribution in [0.15, 0.2) is 48.8 Å². The fraction of sp³-hybridized carbons (Fsp3) is 0.500. The minimum atomic E-state index is 0.299. The summed E-state index contributed by atoms with van der Waals surface area (Å²) in [6.45, 7) is 6.64. The number of ether oxygens (including phenoxy) is 1. The fourth-order valence-electron chi connectivity index (χ4n) is 4.27. The minimum absolute atomic E-state index is 0.299. The summed E-state index contributed by atoms with van der Waals surface area (Å²) in [5.41, 5.74) is 2.45. The molecule has 148 valence electrons. The summed E-state index contributed by atoms with van der Waals surface area (Å²) in [6.07, 6.45) is 8.64. The standard InChI is InChI=1S/C24H31N3O/c1-19-5-3-7-23(15-19)28-24-8-4-6-22(16-24)20(2)17-27(14-11-25)18-21-9-12-26-13-10-21/h3,5,7,9-10,12-13,15,20,22,24H,4,6,8,14,16-18H2,1-2H3. The maximum Gasteiger partial charge on any atom is 0.119 e. The summed E-state index contributed by atoms with van der Waals surface area (Å²) in [4.78, 5) is 6.34. The third-order valence-corrected chi connectivity index (χ3v) is 5.76. The van der Waals surface area contributed by atoms with Crippen molar-refractivity contribution in [1.29, 1.82) is 5.26 Å². The average Bonchev–Trinajstić information content (AvgIpc) is 2.69. The highest BCUT2D eigenvalue weighted by Gasteiger charge is 2.28. The Morgan fingerprint density at radius 1 is 1.25 bits per heavy atom. The van der Waals surface area contributed by atoms with Gasteiger partial charge < -0.3 is 4.74 Å². The lowest BCUT2D eigenvalue weighted by atomic mass is 9.79. The second kappa shape index (κ2) is 10.2. The Balaban J connectivity index is 1.56. The molecule has 0 aliphatic heterocycles. The first-order chi connectivity index (χ1) is 13.6. The third kappa shape index (κ3) is 6.07. The van der Waals surface area contributed by atoms with E-state index in [1.54, 1.807) is 0 Å². The summed E-state index contributed by atoms with van der Waals surface area (Å²) in [5.74, 6) is 2.17. The smallest absolute Gasteiger partial charge is 0.119 e. The topological polar surface area (TPSA) is 49.1 Å². The second-order valence-corrected chi connectivity index (χ2v) is 8.14. The molecule has 0 bridgehead atoms. The number of nitrogens with zero attached hydrogens (tertiary/aromatic N) is 3. The van der Waals surface area contributed by atoms with Crippen molar-refractivity contribution in [1.82, 2.24) is 9.88 Å². The van der Waals surface area contributed by atoms with Crippen LogP contribution >= 0.6 is 0 Å². The van der Waals surface area contributed by atoms with Crippen molar-refractivity contribution >= 4 is 0 Å². The van der Waals surface area contributed by atoms with Crippen molar-refractivity contribution in [3.8, 4) is 11.8 Å². The Morgan fingerprint density at radius 2 is 2.07 bits per heavy atom. The van der Waals surface area contributed by atoms with Gasteiger partial charge in [0.05, 0.1) is 18.7 Å². The van der Waals surface area contributed by atoms with E-state index in [4.69, 9.17) is 4.74 Å². The first-order valence-corrected chi connectivity index (χ1v) is 10.4. The maximum absolute atomic E-state index is 9.24. The van der Waals surface area contributed by atoms with Gasteiger partial charge in [0.2, 0.25) is 0 Å². The molecule has 1 fully saturated rings. The fourth-order valence-corrected chi connectivity index (χ4v) is 4.27. The van der Waals surface area contributed by atoms with Gasteiger partial charge in [0.25, 0.3) is 0 Å². The zero-order valence-corrected chi connectivity index (χ0v) is 17.1. The molecule has 3 atom stereocenters. The monoisotopic (exact) mass is 377 g/mol. The zero-order valence-electron chi connectivity index (χ0n) is 17.1. The van der Waals surface area contributed by atoms with Gasteiger partial charge in [-0.3, -0.25) is 9.88 Å². The summed E-state index contributed by atoms with van der Waals surface area (Å²) >= 11 is 0. The molecule has 0 radical (unpaired) electrons. The molecular weight excluding hydrogens is 346 g/mol. The second-order valence-electron chi connectivity index (χ2n) is 8.14. The molecule has 0 spiro atoms. The van der Waals surface area contributed by atoms with E-state index in [0.717, 1.165) is 31.7 Å². The molecule has 0 N–H and O–H groups in total. The van der Waals surface area contributed by atoms with Crippen LogP contribution in [0.3, 0.4) is 0 Å². The van der Waals surface area contributed by atoms with E-state index < -0.39 is 0 Å². The normalized spacial score (nSPS) is 20.5. The number of benzene rings is 1. The van der Waals surface area contributed by atoms with Gasteiger partial charge in [0.15, 0.2) is 0 Å². The van der Waals surface area contributed by atoms with Crippen molar-refractivity contribution in [2.75, 3.05) is 13.1 Å². The quantitative estimate of drug-likeness (QED) is 0.608. The number of hydrogen-bond acceptors (Lipinski definition) is 4. The molecule has 0 amide bonds. The highest BCUT2D eigenvalue weighted by molar-refractivity contribution is 5.27. The van der Waals surface area contributed by atoms with Gasteiger partial charge in [-0.05, 0) is 79.8 Å². The van der Waals surface area contributed by atoms with Crippen LogP contribution in [0.2, 0.25) is 0 Å². The van der Waals surface area contributed by atoms with Crippen molar-refractivity contribution in [3.63, 3.8) is 0 Å². The summed E-state index contributed by atoms with van der Waals surface area (Å²) in [6, 6.07) is 14.7. The molecule has 3 rings (SSSR count). The van der Waals surface area contributed by atoms with Crippen LogP contribution in [0.25, 0.3) is 0 Å². The summed E-state index contributed by atoms with van der Waals surface area (Å²) < 4.78 is 6.29. The molecule has 1 saturated carbocycles. The lowest BCUT2D eigenvalue weighted by Gasteiger charge is -2.35. The number of hydrogen-bond donors (Lipinski definition) is 0. The van der Waals surface area contributed by atoms with E-state index in [-0.39, 0.29) is 0 Å². The molecule has 0 saturated heterocycles. The lowest BCUT2D eigenvalue weighted by Crippen LogP contribution is -2.35. The first kappa shape index (κ1) is 20.4. The van der Waals surface area contributed by atoms with Crippen LogP contribution < -0.4 is 4.74 Å². The summed E-state index contributed by atoms with van der Waals surface area (Å²) in [7, 11) is 0. The van der Waals surface area contributed by atoms with Crippen LogP contribution in [0.5, 0.6) is 5.75 Å². The Hall–Kier alpha value is -2.38. The van der Waals surface area contributed by atoms with Crippen molar-refractivity contribution in [2.24, 2.45) is 11.8 Å². The molecule has 1 aliphatic carbocycles. The first-order valence-electron chi connectivity index (χ1n) is 10.4. The highest BCUT2D eigenvalue weighted by atomic mass is 16.5. The van der Waals surface area contributed by atoms with Crippen molar-refractivity contribution in [3.05, 3.63) is 59.9 Å². The van der Waals surface area contributed by atoms with Gasteiger partial charge in [-0.2, -0.15) is 5.26 Å². The predicted molar refractivity (Wildman–Crippen MR) is 112 cm³/mol. The number of aromatic nitrogens is 1. The molecule has 1 aromatic carbocycles. The molecule has 2 aromatic rings. The molecule has 1 aromatic heterocycles. The number of pyridine rings is 1. The Bertz CT molecular complexity index is 771. The van der Waals surface area contributed by atoms with Crippen LogP contribution in [0.1, 0.15) is 43.7 Å². The maximum atomic E-state index is 9.24. The number of nitriles is 1. The van der Waals surface area contributed by atoms with Gasteiger partial charge in [0, 0.05) is 25.5 Å². The van der Waals surface area contributed by atoms with Crippen LogP contribution in [0, 0.1) is 30.1 Å². The molecule has 4 heteroatoms. The van der Waals surface area contributed by atoms with E-state index in [2.05, 4.69) is 54.1 Å². The van der Waals surface area contributed by atoms with Crippen molar-refractivity contribution in [2.45, 2.75) is 52.2 Å². The molecule has 4 nitrogen and oxygen atoms in total. The molecular formula is C24H31N3O. The number of rotatable bonds is 8. The van der Waals surface area contributed by atoms with E-state index in [9.17, 15) is 5.26 Å². The predicted octanol–water partition coefficient (Wildman–Crippen LogP) is 4.99. The zero-order chi connectivity index (χ0) is 19.8. The average molecular weight is 378 g/mol. The van der Waals surface area contributed by atoms with E-state index >= 15 is 0 Å². The molecule has 1 aliphatic rings. The minimum Gasteiger partial charge on any atom is -0.490 e. The van der Waals surface area contributed by atoms with Crippen LogP contribution in [-0.4, -0.2) is 29.1 Å². The van der Waals surface area contributed by atoms with Crippen LogP contribution in [0.4, 0.5) is 0 Å². The summed E-state index contributed by atoms with van der Waals surface area (Å²) in [5, 5.41) is 9.24. The Kier molecular flexibility index (Phi) is 7.45. The third-order valence-electron chi connectivity index (χ3n) is 5.76. The number of aryl methyl sites for hydroxylation is 1.